The first-order valence-electron chi connectivity index (χ1n) is 6.87. The Labute approximate surface area is 109 Å². The average Bonchev–Trinajstić information content (AvgIpc) is 2.79. The monoisotopic (exact) mass is 248 g/mol. The summed E-state index contributed by atoms with van der Waals surface area (Å²) in [4.78, 5) is 12.2. The molecular formula is C14H21BO3. The average molecular weight is 248 g/mol. The van der Waals surface area contributed by atoms with Crippen LogP contribution in [0.5, 0.6) is 0 Å². The third-order valence-corrected chi connectivity index (χ3v) is 5.18. The van der Waals surface area contributed by atoms with Gasteiger partial charge in [-0.3, -0.25) is 4.79 Å². The number of rotatable bonds is 1. The number of allylic oxidation sites excluding steroid dienone is 2. The molecule has 3 rings (SSSR count). The van der Waals surface area contributed by atoms with Crippen LogP contribution in [0.4, 0.5) is 0 Å². The van der Waals surface area contributed by atoms with E-state index < -0.39 is 0 Å². The summed E-state index contributed by atoms with van der Waals surface area (Å²) in [7, 11) is -0.364. The Bertz CT molecular complexity index is 397. The van der Waals surface area contributed by atoms with E-state index in [4.69, 9.17) is 9.31 Å². The maximum atomic E-state index is 12.2. The van der Waals surface area contributed by atoms with Gasteiger partial charge < -0.3 is 9.31 Å². The van der Waals surface area contributed by atoms with E-state index in [1.807, 2.05) is 27.7 Å². The maximum Gasteiger partial charge on any atom is 0.469 e. The normalized spacial score (nSPS) is 40.6. The number of ketones is 1. The number of fused-ring (bicyclic) bond motifs is 1. The van der Waals surface area contributed by atoms with Gasteiger partial charge in [0.1, 0.15) is 5.78 Å². The van der Waals surface area contributed by atoms with E-state index in [0.29, 0.717) is 24.0 Å². The molecule has 0 N–H and O–H groups in total. The van der Waals surface area contributed by atoms with Crippen molar-refractivity contribution in [3.8, 4) is 0 Å². The van der Waals surface area contributed by atoms with Crippen molar-refractivity contribution in [1.29, 1.82) is 0 Å². The van der Waals surface area contributed by atoms with Gasteiger partial charge in [0.2, 0.25) is 0 Å². The summed E-state index contributed by atoms with van der Waals surface area (Å²) in [5.74, 6) is 1.05. The van der Waals surface area contributed by atoms with E-state index in [2.05, 4.69) is 12.2 Å². The highest BCUT2D eigenvalue weighted by Gasteiger charge is 2.59. The lowest BCUT2D eigenvalue weighted by Gasteiger charge is -2.32. The van der Waals surface area contributed by atoms with Crippen LogP contribution in [0, 0.1) is 11.8 Å². The van der Waals surface area contributed by atoms with Crippen molar-refractivity contribution >= 4 is 12.9 Å². The minimum absolute atomic E-state index is 0.0777. The van der Waals surface area contributed by atoms with Crippen LogP contribution >= 0.6 is 0 Å². The van der Waals surface area contributed by atoms with Crippen LogP contribution in [0.15, 0.2) is 12.2 Å². The number of carbonyl (C=O) groups excluding carboxylic acids is 1. The summed E-state index contributed by atoms with van der Waals surface area (Å²) in [6.45, 7) is 8.15. The standard InChI is InChI=1S/C14H21BO3/c1-13(2)14(3,4)18-15(17-13)12-10-7-5-6-9(10)8-11(12)16/h5-6,9-10,12H,7-8H2,1-4H3. The second-order valence-corrected chi connectivity index (χ2v) is 6.81. The summed E-state index contributed by atoms with van der Waals surface area (Å²) in [5, 5.41) is 0. The molecule has 0 aromatic carbocycles. The van der Waals surface area contributed by atoms with Crippen molar-refractivity contribution in [1.82, 2.24) is 0 Å². The Balaban J connectivity index is 1.83. The Kier molecular flexibility index (Phi) is 2.56. The molecule has 0 aromatic rings. The molecule has 0 radical (unpaired) electrons. The largest absolute Gasteiger partial charge is 0.469 e. The van der Waals surface area contributed by atoms with Crippen LogP contribution in [0.3, 0.4) is 0 Å². The minimum Gasteiger partial charge on any atom is -0.403 e. The third-order valence-electron chi connectivity index (χ3n) is 5.18. The summed E-state index contributed by atoms with van der Waals surface area (Å²) in [6.07, 6.45) is 6.04. The van der Waals surface area contributed by atoms with E-state index in [0.717, 1.165) is 6.42 Å². The lowest BCUT2D eigenvalue weighted by molar-refractivity contribution is -0.118. The van der Waals surface area contributed by atoms with Crippen molar-refractivity contribution < 1.29 is 14.1 Å². The molecule has 2 fully saturated rings. The number of hydrogen-bond donors (Lipinski definition) is 0. The molecule has 1 heterocycles. The Hall–Kier alpha value is -0.605. The Morgan fingerprint density at radius 3 is 2.44 bits per heavy atom. The van der Waals surface area contributed by atoms with Crippen LogP contribution in [0.25, 0.3) is 0 Å². The fourth-order valence-electron chi connectivity index (χ4n) is 3.36. The van der Waals surface area contributed by atoms with Crippen molar-refractivity contribution in [2.45, 2.75) is 57.6 Å². The van der Waals surface area contributed by atoms with Crippen LogP contribution in [-0.4, -0.2) is 24.1 Å². The number of carbonyl (C=O) groups is 1. The lowest BCUT2D eigenvalue weighted by Crippen LogP contribution is -2.41. The summed E-state index contributed by atoms with van der Waals surface area (Å²) < 4.78 is 12.1. The highest BCUT2D eigenvalue weighted by molar-refractivity contribution is 6.53. The van der Waals surface area contributed by atoms with Crippen molar-refractivity contribution in [3.63, 3.8) is 0 Å². The van der Waals surface area contributed by atoms with E-state index in [-0.39, 0.29) is 24.1 Å². The topological polar surface area (TPSA) is 35.5 Å². The van der Waals surface area contributed by atoms with Gasteiger partial charge in [0.05, 0.1) is 17.0 Å². The highest BCUT2D eigenvalue weighted by atomic mass is 16.7. The summed E-state index contributed by atoms with van der Waals surface area (Å²) in [5.41, 5.74) is -0.690. The van der Waals surface area contributed by atoms with Gasteiger partial charge in [0.15, 0.2) is 0 Å². The molecule has 18 heavy (non-hydrogen) atoms. The molecule has 2 aliphatic carbocycles. The zero-order valence-electron chi connectivity index (χ0n) is 11.6. The van der Waals surface area contributed by atoms with Crippen LogP contribution in [0.1, 0.15) is 40.5 Å². The van der Waals surface area contributed by atoms with E-state index >= 15 is 0 Å². The van der Waals surface area contributed by atoms with E-state index in [1.54, 1.807) is 0 Å². The van der Waals surface area contributed by atoms with Gasteiger partial charge in [0.25, 0.3) is 0 Å². The zero-order valence-corrected chi connectivity index (χ0v) is 11.6. The van der Waals surface area contributed by atoms with Crippen molar-refractivity contribution in [3.05, 3.63) is 12.2 Å². The van der Waals surface area contributed by atoms with Gasteiger partial charge in [-0.05, 0) is 46.0 Å². The molecule has 1 aliphatic heterocycles. The van der Waals surface area contributed by atoms with Crippen molar-refractivity contribution in [2.24, 2.45) is 11.8 Å². The van der Waals surface area contributed by atoms with Gasteiger partial charge in [-0.1, -0.05) is 12.2 Å². The first-order valence-corrected chi connectivity index (χ1v) is 6.87. The fourth-order valence-corrected chi connectivity index (χ4v) is 3.36. The van der Waals surface area contributed by atoms with Gasteiger partial charge in [-0.25, -0.2) is 0 Å². The van der Waals surface area contributed by atoms with Gasteiger partial charge >= 0.3 is 7.12 Å². The maximum absolute atomic E-state index is 12.2. The van der Waals surface area contributed by atoms with Gasteiger partial charge in [0, 0.05) is 6.42 Å². The molecule has 0 spiro atoms. The number of hydrogen-bond acceptors (Lipinski definition) is 3. The molecule has 4 heteroatoms. The highest BCUT2D eigenvalue weighted by Crippen LogP contribution is 2.51. The molecule has 0 bridgehead atoms. The fraction of sp³-hybridized carbons (Fsp3) is 0.786. The van der Waals surface area contributed by atoms with Gasteiger partial charge in [-0.15, -0.1) is 0 Å². The van der Waals surface area contributed by atoms with Crippen LogP contribution in [-0.2, 0) is 14.1 Å². The predicted octanol–water partition coefficient (Wildman–Crippen LogP) is 2.61. The molecule has 3 aliphatic rings. The molecule has 1 saturated heterocycles. The smallest absolute Gasteiger partial charge is 0.403 e. The van der Waals surface area contributed by atoms with Crippen LogP contribution < -0.4 is 0 Å². The number of Topliss-reactive ketones (excluding diaryl/α,β-unsaturated/α-hetero) is 1. The van der Waals surface area contributed by atoms with E-state index in [9.17, 15) is 4.79 Å². The Morgan fingerprint density at radius 1 is 1.22 bits per heavy atom. The van der Waals surface area contributed by atoms with E-state index in [1.165, 1.54) is 0 Å². The summed E-state index contributed by atoms with van der Waals surface area (Å²) in [6, 6.07) is 0. The third kappa shape index (κ3) is 1.62. The second-order valence-electron chi connectivity index (χ2n) is 6.81. The summed E-state index contributed by atoms with van der Waals surface area (Å²) >= 11 is 0. The first-order chi connectivity index (χ1) is 8.32. The minimum atomic E-state index is -0.364. The molecule has 0 aromatic heterocycles. The van der Waals surface area contributed by atoms with Crippen LogP contribution in [0.2, 0.25) is 5.82 Å². The van der Waals surface area contributed by atoms with Crippen molar-refractivity contribution in [2.75, 3.05) is 0 Å². The molecule has 3 unspecified atom stereocenters. The predicted molar refractivity (Wildman–Crippen MR) is 70.2 cm³/mol. The molecule has 3 atom stereocenters. The molecule has 0 amide bonds. The molecular weight excluding hydrogens is 227 g/mol. The lowest BCUT2D eigenvalue weighted by atomic mass is 9.65. The Morgan fingerprint density at radius 2 is 1.83 bits per heavy atom. The molecule has 98 valence electrons. The quantitative estimate of drug-likeness (QED) is 0.528. The molecule has 3 nitrogen and oxygen atoms in total. The first kappa shape index (κ1) is 12.4. The SMILES string of the molecule is CC1(C)OB(C2C(=O)CC3C=CCC32)OC1(C)C. The van der Waals surface area contributed by atoms with Gasteiger partial charge in [-0.2, -0.15) is 0 Å². The second kappa shape index (κ2) is 3.70. The molecule has 1 saturated carbocycles. The zero-order chi connectivity index (χ0) is 13.1.